The summed E-state index contributed by atoms with van der Waals surface area (Å²) < 4.78 is 28.1. The number of nitrogens with zero attached hydrogens (tertiary/aromatic N) is 1. The van der Waals surface area contributed by atoms with Crippen LogP contribution in [-0.4, -0.2) is 16.7 Å². The molecule has 0 aliphatic carbocycles. The summed E-state index contributed by atoms with van der Waals surface area (Å²) in [5.41, 5.74) is 1.50. The highest BCUT2D eigenvalue weighted by Crippen LogP contribution is 2.24. The normalized spacial score (nSPS) is 10.8. The summed E-state index contributed by atoms with van der Waals surface area (Å²) in [6.45, 7) is -2.92. The van der Waals surface area contributed by atoms with Gasteiger partial charge in [0.1, 0.15) is 10.8 Å². The summed E-state index contributed by atoms with van der Waals surface area (Å²) in [6.07, 6.45) is 0. The third-order valence-corrected chi connectivity index (χ3v) is 2.90. The van der Waals surface area contributed by atoms with Crippen molar-refractivity contribution in [1.29, 1.82) is 0 Å². The van der Waals surface area contributed by atoms with E-state index in [0.717, 1.165) is 5.56 Å². The second-order valence-corrected chi connectivity index (χ2v) is 4.13. The van der Waals surface area contributed by atoms with Gasteiger partial charge in [-0.25, -0.2) is 4.98 Å². The standard InChI is InChI=1S/C11H9F2NO2S/c12-11(13)16-8-3-1-7(2-4-8)9-6-17-10(5-15)14-9/h1-4,6,11,15H,5H2. The molecule has 0 aliphatic rings. The Hall–Kier alpha value is -1.53. The monoisotopic (exact) mass is 257 g/mol. The molecule has 0 saturated heterocycles. The summed E-state index contributed by atoms with van der Waals surface area (Å²) >= 11 is 1.35. The van der Waals surface area contributed by atoms with E-state index >= 15 is 0 Å². The third kappa shape index (κ3) is 2.98. The van der Waals surface area contributed by atoms with Crippen LogP contribution in [0.3, 0.4) is 0 Å². The van der Waals surface area contributed by atoms with Gasteiger partial charge in [-0.2, -0.15) is 8.78 Å². The summed E-state index contributed by atoms with van der Waals surface area (Å²) in [5, 5.41) is 11.3. The molecule has 1 aromatic carbocycles. The van der Waals surface area contributed by atoms with E-state index in [0.29, 0.717) is 10.7 Å². The maximum Gasteiger partial charge on any atom is 0.387 e. The summed E-state index contributed by atoms with van der Waals surface area (Å²) in [5.74, 6) is 0.112. The second kappa shape index (κ2) is 5.20. The van der Waals surface area contributed by atoms with Crippen molar-refractivity contribution in [2.45, 2.75) is 13.2 Å². The van der Waals surface area contributed by atoms with Crippen LogP contribution in [0.2, 0.25) is 0 Å². The fourth-order valence-electron chi connectivity index (χ4n) is 1.32. The first-order valence-electron chi connectivity index (χ1n) is 4.79. The van der Waals surface area contributed by atoms with E-state index < -0.39 is 6.61 Å². The first-order chi connectivity index (χ1) is 8.19. The Bertz CT molecular complexity index is 484. The molecule has 0 spiro atoms. The molecule has 0 fully saturated rings. The van der Waals surface area contributed by atoms with Crippen LogP contribution < -0.4 is 4.74 Å². The zero-order valence-electron chi connectivity index (χ0n) is 8.64. The van der Waals surface area contributed by atoms with Crippen molar-refractivity contribution < 1.29 is 18.6 Å². The lowest BCUT2D eigenvalue weighted by molar-refractivity contribution is -0.0498. The molecule has 2 rings (SSSR count). The maximum atomic E-state index is 11.9. The highest BCUT2D eigenvalue weighted by atomic mass is 32.1. The van der Waals surface area contributed by atoms with Gasteiger partial charge in [-0.1, -0.05) is 0 Å². The van der Waals surface area contributed by atoms with E-state index in [4.69, 9.17) is 5.11 Å². The quantitative estimate of drug-likeness (QED) is 0.915. The molecule has 90 valence electrons. The van der Waals surface area contributed by atoms with Crippen LogP contribution in [0.1, 0.15) is 5.01 Å². The van der Waals surface area contributed by atoms with Gasteiger partial charge in [0.15, 0.2) is 0 Å². The minimum atomic E-state index is -2.82. The molecule has 3 nitrogen and oxygen atoms in total. The van der Waals surface area contributed by atoms with Crippen LogP contribution >= 0.6 is 11.3 Å². The summed E-state index contributed by atoms with van der Waals surface area (Å²) in [4.78, 5) is 4.17. The van der Waals surface area contributed by atoms with Gasteiger partial charge in [-0.15, -0.1) is 11.3 Å². The van der Waals surface area contributed by atoms with Crippen LogP contribution in [-0.2, 0) is 6.61 Å². The van der Waals surface area contributed by atoms with E-state index in [1.54, 1.807) is 17.5 Å². The minimum Gasteiger partial charge on any atom is -0.435 e. The molecular formula is C11H9F2NO2S. The number of rotatable bonds is 4. The predicted molar refractivity (Wildman–Crippen MR) is 60.1 cm³/mol. The molecule has 0 unspecified atom stereocenters. The molecule has 1 heterocycles. The third-order valence-electron chi connectivity index (χ3n) is 2.06. The van der Waals surface area contributed by atoms with Crippen LogP contribution in [0.4, 0.5) is 8.78 Å². The molecule has 0 amide bonds. The average Bonchev–Trinajstić information content (AvgIpc) is 2.78. The first-order valence-corrected chi connectivity index (χ1v) is 5.67. The van der Waals surface area contributed by atoms with Crippen molar-refractivity contribution in [2.24, 2.45) is 0 Å². The van der Waals surface area contributed by atoms with Crippen molar-refractivity contribution in [3.05, 3.63) is 34.7 Å². The number of aromatic nitrogens is 1. The van der Waals surface area contributed by atoms with Gasteiger partial charge >= 0.3 is 6.61 Å². The zero-order valence-corrected chi connectivity index (χ0v) is 9.45. The number of hydrogen-bond donors (Lipinski definition) is 1. The van der Waals surface area contributed by atoms with Crippen molar-refractivity contribution in [1.82, 2.24) is 4.98 Å². The van der Waals surface area contributed by atoms with Gasteiger partial charge < -0.3 is 9.84 Å². The molecule has 17 heavy (non-hydrogen) atoms. The number of aliphatic hydroxyl groups excluding tert-OH is 1. The lowest BCUT2D eigenvalue weighted by Crippen LogP contribution is -2.01. The van der Waals surface area contributed by atoms with Crippen LogP contribution in [0.15, 0.2) is 29.6 Å². The Morgan fingerprint density at radius 1 is 1.29 bits per heavy atom. The molecule has 0 bridgehead atoms. The molecule has 0 radical (unpaired) electrons. The van der Waals surface area contributed by atoms with Crippen LogP contribution in [0.5, 0.6) is 5.75 Å². The van der Waals surface area contributed by atoms with E-state index in [1.807, 2.05) is 0 Å². The van der Waals surface area contributed by atoms with E-state index in [2.05, 4.69) is 9.72 Å². The second-order valence-electron chi connectivity index (χ2n) is 3.19. The molecule has 1 N–H and O–H groups in total. The van der Waals surface area contributed by atoms with Crippen molar-refractivity contribution in [3.8, 4) is 17.0 Å². The number of alkyl halides is 2. The fourth-order valence-corrected chi connectivity index (χ4v) is 1.99. The Kier molecular flexibility index (Phi) is 3.65. The number of halogens is 2. The smallest absolute Gasteiger partial charge is 0.387 e. The predicted octanol–water partition coefficient (Wildman–Crippen LogP) is 2.90. The van der Waals surface area contributed by atoms with Crippen molar-refractivity contribution in [2.75, 3.05) is 0 Å². The lowest BCUT2D eigenvalue weighted by atomic mass is 10.2. The molecule has 6 heteroatoms. The van der Waals surface area contributed by atoms with E-state index in [9.17, 15) is 8.78 Å². The number of ether oxygens (including phenoxy) is 1. The number of benzene rings is 1. The topological polar surface area (TPSA) is 42.4 Å². The number of aliphatic hydroxyl groups is 1. The molecule has 0 atom stereocenters. The molecular weight excluding hydrogens is 248 g/mol. The highest BCUT2D eigenvalue weighted by molar-refractivity contribution is 7.09. The van der Waals surface area contributed by atoms with E-state index in [-0.39, 0.29) is 12.4 Å². The number of hydrogen-bond acceptors (Lipinski definition) is 4. The Balaban J connectivity index is 2.17. The van der Waals surface area contributed by atoms with Gasteiger partial charge in [0.25, 0.3) is 0 Å². The van der Waals surface area contributed by atoms with Gasteiger partial charge in [0.2, 0.25) is 0 Å². The minimum absolute atomic E-state index is 0.1000. The summed E-state index contributed by atoms with van der Waals surface area (Å²) in [7, 11) is 0. The molecule has 2 aromatic rings. The number of thiazole rings is 1. The largest absolute Gasteiger partial charge is 0.435 e. The van der Waals surface area contributed by atoms with Gasteiger partial charge in [0.05, 0.1) is 12.3 Å². The lowest BCUT2D eigenvalue weighted by Gasteiger charge is -2.04. The first kappa shape index (κ1) is 11.9. The van der Waals surface area contributed by atoms with Gasteiger partial charge in [0, 0.05) is 10.9 Å². The highest BCUT2D eigenvalue weighted by Gasteiger charge is 2.06. The maximum absolute atomic E-state index is 11.9. The van der Waals surface area contributed by atoms with Gasteiger partial charge in [-0.05, 0) is 24.3 Å². The van der Waals surface area contributed by atoms with Crippen LogP contribution in [0, 0.1) is 0 Å². The average molecular weight is 257 g/mol. The summed E-state index contributed by atoms with van der Waals surface area (Å²) in [6, 6.07) is 6.21. The van der Waals surface area contributed by atoms with E-state index in [1.165, 1.54) is 23.5 Å². The molecule has 0 saturated carbocycles. The zero-order chi connectivity index (χ0) is 12.3. The Morgan fingerprint density at radius 3 is 2.53 bits per heavy atom. The van der Waals surface area contributed by atoms with Crippen LogP contribution in [0.25, 0.3) is 11.3 Å². The van der Waals surface area contributed by atoms with Crippen molar-refractivity contribution in [3.63, 3.8) is 0 Å². The Labute approximate surface area is 100 Å². The SMILES string of the molecule is OCc1nc(-c2ccc(OC(F)F)cc2)cs1. The fraction of sp³-hybridized carbons (Fsp3) is 0.182. The Morgan fingerprint density at radius 2 is 2.00 bits per heavy atom. The molecule has 0 aliphatic heterocycles. The van der Waals surface area contributed by atoms with Gasteiger partial charge in [-0.3, -0.25) is 0 Å². The molecule has 1 aromatic heterocycles. The van der Waals surface area contributed by atoms with Crippen molar-refractivity contribution >= 4 is 11.3 Å².